The van der Waals surface area contributed by atoms with E-state index in [1.165, 1.54) is 5.56 Å². The van der Waals surface area contributed by atoms with Gasteiger partial charge in [-0.05, 0) is 55.9 Å². The first-order chi connectivity index (χ1) is 15.6. The van der Waals surface area contributed by atoms with Crippen molar-refractivity contribution >= 4 is 11.6 Å². The smallest absolute Gasteiger partial charge is 0.247 e. The van der Waals surface area contributed by atoms with Crippen LogP contribution in [-0.2, 0) is 17.6 Å². The quantitative estimate of drug-likeness (QED) is 0.558. The first-order valence-electron chi connectivity index (χ1n) is 11.4. The molecule has 1 amide bonds. The summed E-state index contributed by atoms with van der Waals surface area (Å²) in [4.78, 5) is 12.8. The molecule has 0 spiro atoms. The number of anilines is 1. The maximum Gasteiger partial charge on any atom is 0.247 e. The largest absolute Gasteiger partial charge is 0.387 e. The van der Waals surface area contributed by atoms with Gasteiger partial charge in [0.05, 0.1) is 6.10 Å². The molecule has 32 heavy (non-hydrogen) atoms. The van der Waals surface area contributed by atoms with Crippen LogP contribution in [0.15, 0.2) is 54.6 Å². The fraction of sp³-hybridized carbons (Fsp3) is 0.400. The third-order valence-electron chi connectivity index (χ3n) is 6.69. The number of rotatable bonds is 6. The molecule has 166 valence electrons. The molecule has 1 fully saturated rings. The third kappa shape index (κ3) is 4.18. The highest BCUT2D eigenvalue weighted by Gasteiger charge is 2.31. The van der Waals surface area contributed by atoms with Crippen LogP contribution in [-0.4, -0.2) is 37.9 Å². The molecule has 1 saturated heterocycles. The second kappa shape index (κ2) is 8.84. The maximum absolute atomic E-state index is 12.8. The Morgan fingerprint density at radius 2 is 1.91 bits per heavy atom. The molecule has 5 rings (SSSR count). The zero-order chi connectivity index (χ0) is 22.1. The van der Waals surface area contributed by atoms with Gasteiger partial charge in [-0.3, -0.25) is 4.79 Å². The minimum absolute atomic E-state index is 0.0189. The lowest BCUT2D eigenvalue weighted by Gasteiger charge is -2.20. The predicted molar refractivity (Wildman–Crippen MR) is 122 cm³/mol. The Labute approximate surface area is 187 Å². The summed E-state index contributed by atoms with van der Waals surface area (Å²) in [6.45, 7) is 1.89. The lowest BCUT2D eigenvalue weighted by Crippen LogP contribution is -2.35. The van der Waals surface area contributed by atoms with Crippen LogP contribution in [0.1, 0.15) is 54.2 Å². The number of nitrogens with one attached hydrogen (secondary N) is 2. The average molecular weight is 432 g/mol. The van der Waals surface area contributed by atoms with Crippen LogP contribution < -0.4 is 10.6 Å². The molecule has 3 aromatic rings. The van der Waals surface area contributed by atoms with Crippen LogP contribution in [0.4, 0.5) is 5.69 Å². The highest BCUT2D eigenvalue weighted by molar-refractivity contribution is 5.94. The number of aliphatic hydroxyl groups is 1. The Balaban J connectivity index is 1.15. The Bertz CT molecular complexity index is 1080. The van der Waals surface area contributed by atoms with Crippen molar-refractivity contribution in [3.05, 3.63) is 77.4 Å². The molecule has 2 aliphatic rings. The van der Waals surface area contributed by atoms with Crippen LogP contribution in [0.3, 0.4) is 0 Å². The van der Waals surface area contributed by atoms with E-state index in [9.17, 15) is 9.90 Å². The Morgan fingerprint density at radius 3 is 2.69 bits per heavy atom. The number of fused-ring (bicyclic) bond motifs is 1. The van der Waals surface area contributed by atoms with Crippen molar-refractivity contribution in [1.82, 2.24) is 20.1 Å². The van der Waals surface area contributed by atoms with Gasteiger partial charge in [0.25, 0.3) is 0 Å². The highest BCUT2D eigenvalue weighted by Crippen LogP contribution is 2.28. The van der Waals surface area contributed by atoms with Gasteiger partial charge in [0.2, 0.25) is 5.91 Å². The van der Waals surface area contributed by atoms with E-state index in [4.69, 9.17) is 0 Å². The molecule has 0 radical (unpaired) electrons. The molecule has 0 saturated carbocycles. The van der Waals surface area contributed by atoms with Crippen molar-refractivity contribution < 1.29 is 9.90 Å². The monoisotopic (exact) mass is 431 g/mol. The molecular weight excluding hydrogens is 402 g/mol. The van der Waals surface area contributed by atoms with Gasteiger partial charge in [-0.25, -0.2) is 0 Å². The van der Waals surface area contributed by atoms with Gasteiger partial charge in [0.1, 0.15) is 17.7 Å². The Kier molecular flexibility index (Phi) is 5.76. The molecule has 0 bridgehead atoms. The fourth-order valence-corrected chi connectivity index (χ4v) is 5.01. The molecule has 2 aliphatic heterocycles. The van der Waals surface area contributed by atoms with Gasteiger partial charge in [0, 0.05) is 24.2 Å². The first kappa shape index (κ1) is 20.8. The molecule has 0 unspecified atom stereocenters. The van der Waals surface area contributed by atoms with Gasteiger partial charge in [-0.1, -0.05) is 42.5 Å². The van der Waals surface area contributed by atoms with Gasteiger partial charge < -0.3 is 20.3 Å². The minimum atomic E-state index is -0.482. The summed E-state index contributed by atoms with van der Waals surface area (Å²) in [5, 5.41) is 25.5. The summed E-state index contributed by atoms with van der Waals surface area (Å²) >= 11 is 0. The van der Waals surface area contributed by atoms with Gasteiger partial charge in [-0.15, -0.1) is 10.2 Å². The SMILES string of the molecule is Cc1nnc2n1[C@@H](C(=O)Nc1ccc(C[C@@H]3CC[C@H]([C@H](O)c4ccccc4)N3)cc1)CC2. The van der Waals surface area contributed by atoms with E-state index in [-0.39, 0.29) is 18.0 Å². The van der Waals surface area contributed by atoms with Crippen LogP contribution in [0.2, 0.25) is 0 Å². The molecule has 7 nitrogen and oxygen atoms in total. The molecular formula is C25H29N5O2. The van der Waals surface area contributed by atoms with Gasteiger partial charge in [0.15, 0.2) is 0 Å². The topological polar surface area (TPSA) is 92.1 Å². The maximum atomic E-state index is 12.8. The number of aliphatic hydroxyl groups excluding tert-OH is 1. The normalized spacial score (nSPS) is 23.1. The number of nitrogens with zero attached hydrogens (tertiary/aromatic N) is 3. The highest BCUT2D eigenvalue weighted by atomic mass is 16.3. The first-order valence-corrected chi connectivity index (χ1v) is 11.4. The van der Waals surface area contributed by atoms with Crippen LogP contribution in [0.25, 0.3) is 0 Å². The summed E-state index contributed by atoms with van der Waals surface area (Å²) in [6, 6.07) is 18.1. The van der Waals surface area contributed by atoms with Crippen molar-refractivity contribution in [3.8, 4) is 0 Å². The van der Waals surface area contributed by atoms with Crippen molar-refractivity contribution in [2.24, 2.45) is 0 Å². The number of hydrogen-bond acceptors (Lipinski definition) is 5. The number of aromatic nitrogens is 3. The molecule has 7 heteroatoms. The second-order valence-electron chi connectivity index (χ2n) is 8.88. The Hall–Kier alpha value is -3.03. The number of benzene rings is 2. The molecule has 2 aromatic carbocycles. The summed E-state index contributed by atoms with van der Waals surface area (Å²) in [5.41, 5.74) is 2.98. The van der Waals surface area contributed by atoms with E-state index < -0.39 is 6.10 Å². The zero-order valence-corrected chi connectivity index (χ0v) is 18.2. The average Bonchev–Trinajstić information content (AvgIpc) is 3.54. The number of hydrogen-bond donors (Lipinski definition) is 3. The van der Waals surface area contributed by atoms with E-state index in [2.05, 4.69) is 33.0 Å². The van der Waals surface area contributed by atoms with Crippen molar-refractivity contribution in [3.63, 3.8) is 0 Å². The predicted octanol–water partition coefficient (Wildman–Crippen LogP) is 3.11. The second-order valence-corrected chi connectivity index (χ2v) is 8.88. The molecule has 4 atom stereocenters. The van der Waals surface area contributed by atoms with E-state index in [1.807, 2.05) is 54.0 Å². The molecule has 0 aliphatic carbocycles. The van der Waals surface area contributed by atoms with Gasteiger partial charge in [-0.2, -0.15) is 0 Å². The zero-order valence-electron chi connectivity index (χ0n) is 18.2. The van der Waals surface area contributed by atoms with E-state index in [1.54, 1.807) is 0 Å². The number of amides is 1. The summed E-state index contributed by atoms with van der Waals surface area (Å²) in [7, 11) is 0. The number of carbonyl (C=O) groups is 1. The minimum Gasteiger partial charge on any atom is -0.387 e. The summed E-state index contributed by atoms with van der Waals surface area (Å²) < 4.78 is 1.94. The van der Waals surface area contributed by atoms with Crippen LogP contribution >= 0.6 is 0 Å². The fourth-order valence-electron chi connectivity index (χ4n) is 5.01. The van der Waals surface area contributed by atoms with E-state index >= 15 is 0 Å². The Morgan fingerprint density at radius 1 is 1.12 bits per heavy atom. The molecule has 3 N–H and O–H groups in total. The van der Waals surface area contributed by atoms with Crippen molar-refractivity contribution in [1.29, 1.82) is 0 Å². The molecule has 1 aromatic heterocycles. The lowest BCUT2D eigenvalue weighted by molar-refractivity contribution is -0.119. The van der Waals surface area contributed by atoms with Crippen molar-refractivity contribution in [2.45, 2.75) is 63.3 Å². The summed E-state index contributed by atoms with van der Waals surface area (Å²) in [5.74, 6) is 1.65. The summed E-state index contributed by atoms with van der Waals surface area (Å²) in [6.07, 6.45) is 3.96. The van der Waals surface area contributed by atoms with Crippen LogP contribution in [0, 0.1) is 6.92 Å². The van der Waals surface area contributed by atoms with Gasteiger partial charge >= 0.3 is 0 Å². The lowest BCUT2D eigenvalue weighted by atomic mass is 10.0. The number of carbonyl (C=O) groups excluding carboxylic acids is 1. The van der Waals surface area contributed by atoms with E-state index in [0.29, 0.717) is 6.04 Å². The van der Waals surface area contributed by atoms with Crippen LogP contribution in [0.5, 0.6) is 0 Å². The molecule has 3 heterocycles. The standard InChI is InChI=1S/C25H29N5O2/c1-16-28-29-23-14-13-22(30(16)23)25(32)27-19-9-7-17(8-10-19)15-20-11-12-21(26-20)24(31)18-5-3-2-4-6-18/h2-10,20-22,24,26,31H,11-15H2,1H3,(H,27,32)/t20-,21+,22+,24+/m0/s1. The van der Waals surface area contributed by atoms with E-state index in [0.717, 1.165) is 55.0 Å². The number of aryl methyl sites for hydroxylation is 2. The van der Waals surface area contributed by atoms with Crippen molar-refractivity contribution in [2.75, 3.05) is 5.32 Å². The third-order valence-corrected chi connectivity index (χ3v) is 6.69.